The summed E-state index contributed by atoms with van der Waals surface area (Å²) < 4.78 is 10.4. The largest absolute Gasteiger partial charge is 0.494 e. The first-order valence-corrected chi connectivity index (χ1v) is 6.09. The summed E-state index contributed by atoms with van der Waals surface area (Å²) in [4.78, 5) is 17.9. The predicted molar refractivity (Wildman–Crippen MR) is 67.6 cm³/mol. The summed E-state index contributed by atoms with van der Waals surface area (Å²) >= 11 is 1.12. The number of nitrogens with one attached hydrogen (secondary N) is 1. The van der Waals surface area contributed by atoms with Crippen molar-refractivity contribution in [2.24, 2.45) is 0 Å². The molecule has 0 amide bonds. The number of aromatic amines is 1. The van der Waals surface area contributed by atoms with E-state index in [2.05, 4.69) is 9.97 Å². The Hall–Kier alpha value is -1.89. The van der Waals surface area contributed by atoms with Crippen molar-refractivity contribution in [1.82, 2.24) is 9.97 Å². The standard InChI is InChI=1S/C11H12N2O4S/c1-16-6-3-4-7(17-2)10-9(6)12-11(13-10)18-5-8(14)15/h3-4H,5H2,1-2H3,(H,12,13)(H,14,15). The molecule has 6 nitrogen and oxygen atoms in total. The molecule has 18 heavy (non-hydrogen) atoms. The van der Waals surface area contributed by atoms with E-state index in [0.717, 1.165) is 11.8 Å². The Bertz CT molecular complexity index is 541. The third kappa shape index (κ3) is 2.35. The highest BCUT2D eigenvalue weighted by atomic mass is 32.2. The number of hydrogen-bond acceptors (Lipinski definition) is 5. The van der Waals surface area contributed by atoms with E-state index in [0.29, 0.717) is 27.7 Å². The SMILES string of the molecule is COc1ccc(OC)c2[nH]c(SCC(=O)O)nc12. The van der Waals surface area contributed by atoms with Crippen LogP contribution in [0.4, 0.5) is 0 Å². The fraction of sp³-hybridized carbons (Fsp3) is 0.273. The molecule has 0 spiro atoms. The average Bonchev–Trinajstić information content (AvgIpc) is 2.79. The number of benzene rings is 1. The van der Waals surface area contributed by atoms with Crippen molar-refractivity contribution in [1.29, 1.82) is 0 Å². The molecule has 0 aliphatic carbocycles. The van der Waals surface area contributed by atoms with Gasteiger partial charge < -0.3 is 19.6 Å². The molecule has 0 bridgehead atoms. The molecule has 0 aliphatic rings. The molecule has 0 unspecified atom stereocenters. The van der Waals surface area contributed by atoms with E-state index in [9.17, 15) is 4.79 Å². The minimum absolute atomic E-state index is 0.0511. The van der Waals surface area contributed by atoms with Crippen LogP contribution in [0.1, 0.15) is 0 Å². The first-order chi connectivity index (χ1) is 8.65. The van der Waals surface area contributed by atoms with Crippen LogP contribution in [-0.2, 0) is 4.79 Å². The second-order valence-electron chi connectivity index (χ2n) is 3.42. The van der Waals surface area contributed by atoms with E-state index in [4.69, 9.17) is 14.6 Å². The van der Waals surface area contributed by atoms with Gasteiger partial charge in [-0.25, -0.2) is 4.98 Å². The van der Waals surface area contributed by atoms with Crippen LogP contribution in [0.15, 0.2) is 17.3 Å². The molecule has 0 radical (unpaired) electrons. The number of aliphatic carboxylic acids is 1. The van der Waals surface area contributed by atoms with Gasteiger partial charge in [0.15, 0.2) is 5.16 Å². The Labute approximate surface area is 107 Å². The van der Waals surface area contributed by atoms with Gasteiger partial charge in [0, 0.05) is 0 Å². The lowest BCUT2D eigenvalue weighted by atomic mass is 10.2. The van der Waals surface area contributed by atoms with Crippen LogP contribution in [0.25, 0.3) is 11.0 Å². The molecule has 1 aromatic heterocycles. The van der Waals surface area contributed by atoms with Crippen molar-refractivity contribution >= 4 is 28.8 Å². The van der Waals surface area contributed by atoms with Gasteiger partial charge in [-0.15, -0.1) is 0 Å². The van der Waals surface area contributed by atoms with Crippen LogP contribution in [0, 0.1) is 0 Å². The molecule has 2 rings (SSSR count). The summed E-state index contributed by atoms with van der Waals surface area (Å²) in [6, 6.07) is 3.53. The fourth-order valence-corrected chi connectivity index (χ4v) is 2.15. The number of imidazole rings is 1. The molecule has 0 saturated carbocycles. The third-order valence-electron chi connectivity index (χ3n) is 2.32. The number of rotatable bonds is 5. The van der Waals surface area contributed by atoms with Crippen LogP contribution in [0.2, 0.25) is 0 Å². The maximum Gasteiger partial charge on any atom is 0.313 e. The first kappa shape index (κ1) is 12.6. The summed E-state index contributed by atoms with van der Waals surface area (Å²) in [7, 11) is 3.12. The van der Waals surface area contributed by atoms with Gasteiger partial charge >= 0.3 is 5.97 Å². The maximum atomic E-state index is 10.5. The zero-order valence-corrected chi connectivity index (χ0v) is 10.7. The van der Waals surface area contributed by atoms with E-state index in [1.807, 2.05) is 0 Å². The number of methoxy groups -OCH3 is 2. The molecule has 1 heterocycles. The molecule has 96 valence electrons. The molecular weight excluding hydrogens is 256 g/mol. The second kappa shape index (κ2) is 5.18. The third-order valence-corrected chi connectivity index (χ3v) is 3.18. The van der Waals surface area contributed by atoms with Crippen LogP contribution in [0.3, 0.4) is 0 Å². The molecule has 0 fully saturated rings. The molecule has 2 N–H and O–H groups in total. The highest BCUT2D eigenvalue weighted by Crippen LogP contribution is 2.33. The van der Waals surface area contributed by atoms with Gasteiger partial charge in [-0.2, -0.15) is 0 Å². The van der Waals surface area contributed by atoms with Crippen molar-refractivity contribution in [3.8, 4) is 11.5 Å². The monoisotopic (exact) mass is 268 g/mol. The summed E-state index contributed by atoms with van der Waals surface area (Å²) in [6.07, 6.45) is 0. The number of carbonyl (C=O) groups is 1. The lowest BCUT2D eigenvalue weighted by Crippen LogP contribution is -1.97. The van der Waals surface area contributed by atoms with Crippen LogP contribution < -0.4 is 9.47 Å². The highest BCUT2D eigenvalue weighted by Gasteiger charge is 2.13. The Morgan fingerprint density at radius 1 is 1.39 bits per heavy atom. The number of carboxylic acid groups (broad SMARTS) is 1. The zero-order valence-electron chi connectivity index (χ0n) is 9.89. The number of fused-ring (bicyclic) bond motifs is 1. The number of hydrogen-bond donors (Lipinski definition) is 2. The molecule has 2 aromatic rings. The second-order valence-corrected chi connectivity index (χ2v) is 4.38. The first-order valence-electron chi connectivity index (χ1n) is 5.11. The van der Waals surface area contributed by atoms with Crippen molar-refractivity contribution < 1.29 is 19.4 Å². The average molecular weight is 268 g/mol. The van der Waals surface area contributed by atoms with E-state index in [-0.39, 0.29) is 5.75 Å². The molecule has 0 atom stereocenters. The Kier molecular flexibility index (Phi) is 3.61. The Balaban J connectivity index is 2.44. The van der Waals surface area contributed by atoms with Crippen molar-refractivity contribution in [3.05, 3.63) is 12.1 Å². The predicted octanol–water partition coefficient (Wildman–Crippen LogP) is 1.76. The lowest BCUT2D eigenvalue weighted by Gasteiger charge is -2.03. The quantitative estimate of drug-likeness (QED) is 0.804. The smallest absolute Gasteiger partial charge is 0.313 e. The minimum Gasteiger partial charge on any atom is -0.494 e. The van der Waals surface area contributed by atoms with E-state index >= 15 is 0 Å². The maximum absolute atomic E-state index is 10.5. The minimum atomic E-state index is -0.889. The summed E-state index contributed by atoms with van der Waals surface area (Å²) in [5, 5.41) is 9.16. The van der Waals surface area contributed by atoms with E-state index in [1.54, 1.807) is 26.4 Å². The molecule has 7 heteroatoms. The Morgan fingerprint density at radius 3 is 2.67 bits per heavy atom. The van der Waals surface area contributed by atoms with Crippen molar-refractivity contribution in [2.75, 3.05) is 20.0 Å². The highest BCUT2D eigenvalue weighted by molar-refractivity contribution is 7.99. The normalized spacial score (nSPS) is 10.6. The summed E-state index contributed by atoms with van der Waals surface area (Å²) in [6.45, 7) is 0. The van der Waals surface area contributed by atoms with Crippen LogP contribution in [0.5, 0.6) is 11.5 Å². The number of thioether (sulfide) groups is 1. The lowest BCUT2D eigenvalue weighted by molar-refractivity contribution is -0.133. The van der Waals surface area contributed by atoms with Crippen molar-refractivity contribution in [2.45, 2.75) is 5.16 Å². The topological polar surface area (TPSA) is 84.4 Å². The Morgan fingerprint density at radius 2 is 2.06 bits per heavy atom. The summed E-state index contributed by atoms with van der Waals surface area (Å²) in [5.74, 6) is 0.314. The van der Waals surface area contributed by atoms with Gasteiger partial charge in [0.05, 0.1) is 20.0 Å². The van der Waals surface area contributed by atoms with Crippen molar-refractivity contribution in [3.63, 3.8) is 0 Å². The molecular formula is C11H12N2O4S. The molecule has 0 aliphatic heterocycles. The number of ether oxygens (including phenoxy) is 2. The van der Waals surface area contributed by atoms with Gasteiger partial charge in [-0.05, 0) is 12.1 Å². The van der Waals surface area contributed by atoms with Crippen LogP contribution >= 0.6 is 11.8 Å². The zero-order chi connectivity index (χ0) is 13.1. The van der Waals surface area contributed by atoms with Gasteiger partial charge in [0.2, 0.25) is 0 Å². The van der Waals surface area contributed by atoms with E-state index < -0.39 is 5.97 Å². The molecule has 0 saturated heterocycles. The van der Waals surface area contributed by atoms with Crippen LogP contribution in [-0.4, -0.2) is 41.0 Å². The number of H-pyrrole nitrogens is 1. The van der Waals surface area contributed by atoms with Gasteiger partial charge in [0.25, 0.3) is 0 Å². The van der Waals surface area contributed by atoms with Gasteiger partial charge in [-0.1, -0.05) is 11.8 Å². The fourth-order valence-electron chi connectivity index (χ4n) is 1.56. The summed E-state index contributed by atoms with van der Waals surface area (Å²) in [5.41, 5.74) is 1.33. The number of nitrogens with zero attached hydrogens (tertiary/aromatic N) is 1. The molecule has 1 aromatic carbocycles. The van der Waals surface area contributed by atoms with Gasteiger partial charge in [-0.3, -0.25) is 4.79 Å². The van der Waals surface area contributed by atoms with Gasteiger partial charge in [0.1, 0.15) is 22.5 Å². The number of carboxylic acids is 1. The number of aromatic nitrogens is 2. The van der Waals surface area contributed by atoms with E-state index in [1.165, 1.54) is 0 Å².